The van der Waals surface area contributed by atoms with Crippen LogP contribution in [0.2, 0.25) is 0 Å². The Balaban J connectivity index is 2.03. The summed E-state index contributed by atoms with van der Waals surface area (Å²) in [6, 6.07) is 0.267. The first kappa shape index (κ1) is 16.0. The molecule has 0 aliphatic heterocycles. The summed E-state index contributed by atoms with van der Waals surface area (Å²) in [5.41, 5.74) is 5.69. The van der Waals surface area contributed by atoms with Crippen molar-refractivity contribution in [2.75, 3.05) is 0 Å². The van der Waals surface area contributed by atoms with Crippen LogP contribution < -0.4 is 5.73 Å². The summed E-state index contributed by atoms with van der Waals surface area (Å²) in [5, 5.41) is 13.1. The molecule has 2 aromatic rings. The molecule has 2 aromatic heterocycles. The SMILES string of the molecule is CC(C)Cc1nc(CSc2nnc(CN)n2C(C)C)no1. The fraction of sp³-hybridized carbons (Fsp3) is 0.692. The van der Waals surface area contributed by atoms with Gasteiger partial charge < -0.3 is 14.8 Å². The van der Waals surface area contributed by atoms with Gasteiger partial charge in [-0.15, -0.1) is 10.2 Å². The van der Waals surface area contributed by atoms with Crippen LogP contribution in [0, 0.1) is 5.92 Å². The number of hydrogen-bond acceptors (Lipinski definition) is 7. The first-order chi connectivity index (χ1) is 10.0. The van der Waals surface area contributed by atoms with Crippen LogP contribution in [0.5, 0.6) is 0 Å². The van der Waals surface area contributed by atoms with Gasteiger partial charge in [0.2, 0.25) is 5.89 Å². The Morgan fingerprint density at radius 3 is 2.62 bits per heavy atom. The molecule has 116 valence electrons. The van der Waals surface area contributed by atoms with Crippen molar-refractivity contribution < 1.29 is 4.52 Å². The van der Waals surface area contributed by atoms with Crippen molar-refractivity contribution in [2.24, 2.45) is 11.7 Å². The monoisotopic (exact) mass is 310 g/mol. The molecule has 2 N–H and O–H groups in total. The van der Waals surface area contributed by atoms with Gasteiger partial charge in [-0.3, -0.25) is 0 Å². The van der Waals surface area contributed by atoms with Crippen LogP contribution in [-0.4, -0.2) is 24.9 Å². The highest BCUT2D eigenvalue weighted by Gasteiger charge is 2.15. The van der Waals surface area contributed by atoms with Crippen molar-refractivity contribution in [3.8, 4) is 0 Å². The third-order valence-electron chi connectivity index (χ3n) is 2.86. The Labute approximate surface area is 128 Å². The summed E-state index contributed by atoms with van der Waals surface area (Å²) in [7, 11) is 0. The Morgan fingerprint density at radius 1 is 1.24 bits per heavy atom. The van der Waals surface area contributed by atoms with Gasteiger partial charge in [0.25, 0.3) is 0 Å². The van der Waals surface area contributed by atoms with Gasteiger partial charge in [-0.25, -0.2) is 0 Å². The molecular weight excluding hydrogens is 288 g/mol. The van der Waals surface area contributed by atoms with Crippen LogP contribution >= 0.6 is 11.8 Å². The van der Waals surface area contributed by atoms with E-state index in [4.69, 9.17) is 10.3 Å². The molecule has 0 atom stereocenters. The van der Waals surface area contributed by atoms with E-state index in [1.54, 1.807) is 11.8 Å². The minimum absolute atomic E-state index is 0.267. The van der Waals surface area contributed by atoms with E-state index < -0.39 is 0 Å². The van der Waals surface area contributed by atoms with Gasteiger partial charge in [0.15, 0.2) is 11.0 Å². The van der Waals surface area contributed by atoms with Crippen molar-refractivity contribution in [1.29, 1.82) is 0 Å². The number of nitrogens with two attached hydrogens (primary N) is 1. The average Bonchev–Trinajstić information content (AvgIpc) is 3.01. The topological polar surface area (TPSA) is 95.7 Å². The second kappa shape index (κ2) is 7.04. The minimum Gasteiger partial charge on any atom is -0.339 e. The zero-order valence-corrected chi connectivity index (χ0v) is 13.7. The first-order valence-electron chi connectivity index (χ1n) is 7.09. The largest absolute Gasteiger partial charge is 0.339 e. The molecular formula is C13H22N6OS. The molecule has 0 radical (unpaired) electrons. The van der Waals surface area contributed by atoms with E-state index >= 15 is 0 Å². The van der Waals surface area contributed by atoms with E-state index in [9.17, 15) is 0 Å². The van der Waals surface area contributed by atoms with Gasteiger partial charge >= 0.3 is 0 Å². The summed E-state index contributed by atoms with van der Waals surface area (Å²) < 4.78 is 7.27. The molecule has 21 heavy (non-hydrogen) atoms. The van der Waals surface area contributed by atoms with E-state index in [1.165, 1.54) is 0 Å². The highest BCUT2D eigenvalue weighted by atomic mass is 32.2. The van der Waals surface area contributed by atoms with E-state index in [0.29, 0.717) is 29.9 Å². The van der Waals surface area contributed by atoms with Crippen molar-refractivity contribution in [3.63, 3.8) is 0 Å². The van der Waals surface area contributed by atoms with Crippen LogP contribution in [0.3, 0.4) is 0 Å². The molecule has 0 saturated heterocycles. The molecule has 8 heteroatoms. The minimum atomic E-state index is 0.267. The Kier molecular flexibility index (Phi) is 5.35. The molecule has 2 heterocycles. The predicted molar refractivity (Wildman–Crippen MR) is 80.7 cm³/mol. The van der Waals surface area contributed by atoms with Crippen LogP contribution in [-0.2, 0) is 18.7 Å². The molecule has 7 nitrogen and oxygen atoms in total. The average molecular weight is 310 g/mol. The zero-order chi connectivity index (χ0) is 15.4. The smallest absolute Gasteiger partial charge is 0.226 e. The van der Waals surface area contributed by atoms with Crippen molar-refractivity contribution in [1.82, 2.24) is 24.9 Å². The molecule has 0 unspecified atom stereocenters. The second-order valence-corrected chi connectivity index (χ2v) is 6.50. The highest BCUT2D eigenvalue weighted by Crippen LogP contribution is 2.24. The maximum absolute atomic E-state index is 5.69. The number of hydrogen-bond donors (Lipinski definition) is 1. The molecule has 0 aliphatic carbocycles. The van der Waals surface area contributed by atoms with Gasteiger partial charge in [0, 0.05) is 12.5 Å². The van der Waals surface area contributed by atoms with Gasteiger partial charge in [-0.1, -0.05) is 30.8 Å². The summed E-state index contributed by atoms with van der Waals surface area (Å²) in [4.78, 5) is 4.39. The normalized spacial score (nSPS) is 11.8. The fourth-order valence-corrected chi connectivity index (χ4v) is 2.90. The molecule has 0 aromatic carbocycles. The summed E-state index contributed by atoms with van der Waals surface area (Å²) in [6.45, 7) is 8.80. The van der Waals surface area contributed by atoms with E-state index in [2.05, 4.69) is 48.0 Å². The molecule has 0 amide bonds. The third-order valence-corrected chi connectivity index (χ3v) is 3.80. The molecule has 0 saturated carbocycles. The van der Waals surface area contributed by atoms with Crippen LogP contribution in [0.15, 0.2) is 9.68 Å². The molecule has 0 aliphatic rings. The van der Waals surface area contributed by atoms with Gasteiger partial charge in [-0.05, 0) is 19.8 Å². The quantitative estimate of drug-likeness (QED) is 0.783. The van der Waals surface area contributed by atoms with Crippen LogP contribution in [0.1, 0.15) is 51.3 Å². The lowest BCUT2D eigenvalue weighted by Gasteiger charge is -2.12. The maximum Gasteiger partial charge on any atom is 0.226 e. The maximum atomic E-state index is 5.69. The molecule has 0 bridgehead atoms. The first-order valence-corrected chi connectivity index (χ1v) is 8.08. The Bertz CT molecular complexity index is 577. The molecule has 0 spiro atoms. The number of rotatable bonds is 7. The summed E-state index contributed by atoms with van der Waals surface area (Å²) in [5.74, 6) is 3.27. The molecule has 0 fully saturated rings. The Morgan fingerprint density at radius 2 is 2.00 bits per heavy atom. The summed E-state index contributed by atoms with van der Waals surface area (Å²) in [6.07, 6.45) is 0.803. The van der Waals surface area contributed by atoms with Crippen molar-refractivity contribution >= 4 is 11.8 Å². The fourth-order valence-electron chi connectivity index (χ4n) is 1.97. The third kappa shape index (κ3) is 4.04. The lowest BCUT2D eigenvalue weighted by molar-refractivity contribution is 0.360. The standard InChI is InChI=1S/C13H22N6OS/c1-8(2)5-12-15-10(18-20-12)7-21-13-17-16-11(6-14)19(13)9(3)4/h8-9H,5-7,14H2,1-4H3. The van der Waals surface area contributed by atoms with Crippen LogP contribution in [0.25, 0.3) is 0 Å². The van der Waals surface area contributed by atoms with E-state index in [-0.39, 0.29) is 6.04 Å². The number of nitrogens with zero attached hydrogens (tertiary/aromatic N) is 5. The Hall–Kier alpha value is -1.41. The predicted octanol–water partition coefficient (Wildman–Crippen LogP) is 2.19. The second-order valence-electron chi connectivity index (χ2n) is 5.56. The van der Waals surface area contributed by atoms with Gasteiger partial charge in [0.1, 0.15) is 5.82 Å². The lowest BCUT2D eigenvalue weighted by atomic mass is 10.1. The van der Waals surface area contributed by atoms with Crippen molar-refractivity contribution in [2.45, 2.75) is 57.6 Å². The molecule has 2 rings (SSSR count). The van der Waals surface area contributed by atoms with Gasteiger partial charge in [-0.2, -0.15) is 4.98 Å². The highest BCUT2D eigenvalue weighted by molar-refractivity contribution is 7.98. The number of aromatic nitrogens is 5. The van der Waals surface area contributed by atoms with Crippen LogP contribution in [0.4, 0.5) is 0 Å². The summed E-state index contributed by atoms with van der Waals surface area (Å²) >= 11 is 1.55. The van der Waals surface area contributed by atoms with E-state index in [0.717, 1.165) is 17.4 Å². The number of thioether (sulfide) groups is 1. The van der Waals surface area contributed by atoms with Gasteiger partial charge in [0.05, 0.1) is 12.3 Å². The lowest BCUT2D eigenvalue weighted by Crippen LogP contribution is -2.11. The zero-order valence-electron chi connectivity index (χ0n) is 12.9. The van der Waals surface area contributed by atoms with E-state index in [1.807, 2.05) is 4.57 Å². The van der Waals surface area contributed by atoms with Crippen molar-refractivity contribution in [3.05, 3.63) is 17.5 Å².